The Bertz CT molecular complexity index is 310. The summed E-state index contributed by atoms with van der Waals surface area (Å²) < 4.78 is 0. The van der Waals surface area contributed by atoms with E-state index in [2.05, 4.69) is 0 Å². The molecular weight excluding hydrogens is 226 g/mol. The Labute approximate surface area is 110 Å². The lowest BCUT2D eigenvalue weighted by atomic mass is 9.53. The second-order valence-corrected chi connectivity index (χ2v) is 7.78. The molecule has 0 spiro atoms. The van der Waals surface area contributed by atoms with E-state index in [1.807, 2.05) is 20.8 Å². The van der Waals surface area contributed by atoms with Crippen LogP contribution in [0.1, 0.15) is 59.3 Å². The highest BCUT2D eigenvalue weighted by molar-refractivity contribution is 5.47. The van der Waals surface area contributed by atoms with E-state index >= 15 is 0 Å². The van der Waals surface area contributed by atoms with E-state index in [9.17, 15) is 4.79 Å². The second kappa shape index (κ2) is 3.96. The van der Waals surface area contributed by atoms with Gasteiger partial charge in [-0.3, -0.25) is 9.63 Å². The minimum Gasteiger partial charge on any atom is -0.276 e. The van der Waals surface area contributed by atoms with Crippen LogP contribution >= 0.6 is 0 Å². The molecule has 0 heterocycles. The zero-order valence-electron chi connectivity index (χ0n) is 11.8. The number of hydroxylamine groups is 2. The maximum atomic E-state index is 11.5. The molecule has 1 amide bonds. The molecule has 4 rings (SSSR count). The van der Waals surface area contributed by atoms with Crippen molar-refractivity contribution < 1.29 is 9.63 Å². The lowest BCUT2D eigenvalue weighted by Crippen LogP contribution is -2.60. The molecule has 0 N–H and O–H groups in total. The lowest BCUT2D eigenvalue weighted by molar-refractivity contribution is -0.281. The van der Waals surface area contributed by atoms with Crippen LogP contribution in [-0.2, 0) is 9.63 Å². The molecule has 4 saturated carbocycles. The van der Waals surface area contributed by atoms with Crippen molar-refractivity contribution in [2.45, 2.75) is 70.4 Å². The molecule has 4 bridgehead atoms. The highest BCUT2D eigenvalue weighted by Gasteiger charge is 2.54. The third-order valence-corrected chi connectivity index (χ3v) is 4.94. The molecule has 4 aliphatic carbocycles. The summed E-state index contributed by atoms with van der Waals surface area (Å²) in [6.07, 6.45) is 8.58. The maximum Gasteiger partial charge on any atom is 0.233 e. The van der Waals surface area contributed by atoms with Gasteiger partial charge in [0, 0.05) is 0 Å². The molecule has 0 radical (unpaired) electrons. The number of amides is 1. The fraction of sp³-hybridized carbons (Fsp3) is 0.933. The van der Waals surface area contributed by atoms with Crippen LogP contribution < -0.4 is 0 Å². The van der Waals surface area contributed by atoms with Crippen molar-refractivity contribution in [3.05, 3.63) is 0 Å². The Morgan fingerprint density at radius 1 is 1.06 bits per heavy atom. The van der Waals surface area contributed by atoms with Gasteiger partial charge in [-0.05, 0) is 77.0 Å². The quantitative estimate of drug-likeness (QED) is 0.569. The van der Waals surface area contributed by atoms with Gasteiger partial charge in [-0.15, -0.1) is 0 Å². The number of carbonyl (C=O) groups excluding carboxylic acids is 1. The van der Waals surface area contributed by atoms with Crippen molar-refractivity contribution in [2.24, 2.45) is 17.8 Å². The molecule has 0 saturated heterocycles. The molecular formula is C15H25NO2. The summed E-state index contributed by atoms with van der Waals surface area (Å²) >= 11 is 0. The van der Waals surface area contributed by atoms with Crippen LogP contribution in [0, 0.1) is 17.8 Å². The molecule has 0 aromatic rings. The molecule has 3 heteroatoms. The van der Waals surface area contributed by atoms with E-state index in [-0.39, 0.29) is 11.1 Å². The Morgan fingerprint density at radius 3 is 1.83 bits per heavy atom. The standard InChI is InChI=1S/C15H25NO2/c1-14(2,3)18-16(10-17)15-7-11-4-12(8-15)6-13(5-11)9-15/h10-13H,4-9H2,1-3H3. The highest BCUT2D eigenvalue weighted by Crippen LogP contribution is 2.57. The zero-order valence-corrected chi connectivity index (χ0v) is 11.8. The summed E-state index contributed by atoms with van der Waals surface area (Å²) in [6.45, 7) is 6.05. The van der Waals surface area contributed by atoms with Crippen molar-refractivity contribution in [3.63, 3.8) is 0 Å². The third-order valence-electron chi connectivity index (χ3n) is 4.94. The predicted molar refractivity (Wildman–Crippen MR) is 69.6 cm³/mol. The molecule has 0 unspecified atom stereocenters. The fourth-order valence-corrected chi connectivity index (χ4v) is 4.86. The van der Waals surface area contributed by atoms with Gasteiger partial charge in [0.1, 0.15) is 0 Å². The van der Waals surface area contributed by atoms with E-state index in [4.69, 9.17) is 4.84 Å². The van der Waals surface area contributed by atoms with Crippen LogP contribution in [0.25, 0.3) is 0 Å². The average Bonchev–Trinajstić information content (AvgIpc) is 2.22. The molecule has 0 aromatic carbocycles. The van der Waals surface area contributed by atoms with E-state index in [0.717, 1.165) is 43.4 Å². The van der Waals surface area contributed by atoms with Crippen molar-refractivity contribution in [1.29, 1.82) is 0 Å². The first-order chi connectivity index (χ1) is 8.40. The predicted octanol–water partition coefficient (Wildman–Crippen LogP) is 3.14. The van der Waals surface area contributed by atoms with Crippen molar-refractivity contribution in [1.82, 2.24) is 5.06 Å². The number of hydrogen-bond donors (Lipinski definition) is 0. The Hall–Kier alpha value is -0.570. The molecule has 0 atom stereocenters. The molecule has 0 aromatic heterocycles. The summed E-state index contributed by atoms with van der Waals surface area (Å²) in [5.74, 6) is 2.51. The first-order valence-electron chi connectivity index (χ1n) is 7.34. The molecule has 18 heavy (non-hydrogen) atoms. The average molecular weight is 251 g/mol. The molecule has 4 fully saturated rings. The topological polar surface area (TPSA) is 29.5 Å². The first-order valence-corrected chi connectivity index (χ1v) is 7.34. The fourth-order valence-electron chi connectivity index (χ4n) is 4.86. The van der Waals surface area contributed by atoms with E-state index in [1.165, 1.54) is 19.3 Å². The van der Waals surface area contributed by atoms with Crippen LogP contribution in [0.15, 0.2) is 0 Å². The van der Waals surface area contributed by atoms with Gasteiger partial charge in [-0.1, -0.05) is 0 Å². The normalized spacial score (nSPS) is 42.1. The SMILES string of the molecule is CC(C)(C)ON(C=O)C12CC3CC(CC(C3)C1)C2. The van der Waals surface area contributed by atoms with Gasteiger partial charge in [0.05, 0.1) is 11.1 Å². The Kier molecular flexibility index (Phi) is 2.74. The van der Waals surface area contributed by atoms with Crippen LogP contribution in [0.5, 0.6) is 0 Å². The minimum atomic E-state index is -0.287. The largest absolute Gasteiger partial charge is 0.276 e. The van der Waals surface area contributed by atoms with E-state index in [1.54, 1.807) is 5.06 Å². The van der Waals surface area contributed by atoms with Crippen LogP contribution in [0.2, 0.25) is 0 Å². The summed E-state index contributed by atoms with van der Waals surface area (Å²) in [4.78, 5) is 17.4. The third kappa shape index (κ3) is 2.07. The second-order valence-electron chi connectivity index (χ2n) is 7.78. The van der Waals surface area contributed by atoms with Gasteiger partial charge in [0.2, 0.25) is 6.41 Å². The summed E-state index contributed by atoms with van der Waals surface area (Å²) in [6, 6.07) is 0. The smallest absolute Gasteiger partial charge is 0.233 e. The molecule has 4 aliphatic rings. The maximum absolute atomic E-state index is 11.5. The van der Waals surface area contributed by atoms with Gasteiger partial charge in [0.25, 0.3) is 0 Å². The summed E-state index contributed by atoms with van der Waals surface area (Å²) in [5.41, 5.74) is -0.270. The summed E-state index contributed by atoms with van der Waals surface area (Å²) in [5, 5.41) is 1.69. The number of hydrogen-bond acceptors (Lipinski definition) is 2. The van der Waals surface area contributed by atoms with Crippen LogP contribution in [0.4, 0.5) is 0 Å². The molecule has 0 aliphatic heterocycles. The Morgan fingerprint density at radius 2 is 1.50 bits per heavy atom. The van der Waals surface area contributed by atoms with Crippen LogP contribution in [0.3, 0.4) is 0 Å². The van der Waals surface area contributed by atoms with Crippen molar-refractivity contribution in [3.8, 4) is 0 Å². The number of rotatable bonds is 3. The van der Waals surface area contributed by atoms with Crippen LogP contribution in [-0.4, -0.2) is 22.6 Å². The van der Waals surface area contributed by atoms with Gasteiger partial charge in [-0.25, -0.2) is 5.06 Å². The van der Waals surface area contributed by atoms with Gasteiger partial charge in [-0.2, -0.15) is 0 Å². The monoisotopic (exact) mass is 251 g/mol. The first kappa shape index (κ1) is 12.5. The number of carbonyl (C=O) groups is 1. The molecule has 3 nitrogen and oxygen atoms in total. The number of nitrogens with zero attached hydrogens (tertiary/aromatic N) is 1. The Balaban J connectivity index is 1.83. The summed E-state index contributed by atoms with van der Waals surface area (Å²) in [7, 11) is 0. The van der Waals surface area contributed by atoms with E-state index < -0.39 is 0 Å². The van der Waals surface area contributed by atoms with E-state index in [0.29, 0.717) is 0 Å². The van der Waals surface area contributed by atoms with Crippen molar-refractivity contribution >= 4 is 6.41 Å². The van der Waals surface area contributed by atoms with Gasteiger partial charge < -0.3 is 0 Å². The molecule has 102 valence electrons. The lowest BCUT2D eigenvalue weighted by Gasteiger charge is -2.59. The minimum absolute atomic E-state index is 0.0176. The van der Waals surface area contributed by atoms with Gasteiger partial charge >= 0.3 is 0 Å². The van der Waals surface area contributed by atoms with Crippen molar-refractivity contribution in [2.75, 3.05) is 0 Å². The zero-order chi connectivity index (χ0) is 13.0. The highest BCUT2D eigenvalue weighted by atomic mass is 16.7. The van der Waals surface area contributed by atoms with Gasteiger partial charge in [0.15, 0.2) is 0 Å².